The summed E-state index contributed by atoms with van der Waals surface area (Å²) in [5.41, 5.74) is 1.52. The third-order valence-corrected chi connectivity index (χ3v) is 3.87. The van der Waals surface area contributed by atoms with Gasteiger partial charge in [-0.3, -0.25) is 4.79 Å². The molecule has 4 nitrogen and oxygen atoms in total. The van der Waals surface area contributed by atoms with E-state index in [4.69, 9.17) is 0 Å². The average molecular weight is 295 g/mol. The van der Waals surface area contributed by atoms with Gasteiger partial charge in [0.1, 0.15) is 5.82 Å². The summed E-state index contributed by atoms with van der Waals surface area (Å²) in [4.78, 5) is 16.6. The molecule has 0 radical (unpaired) electrons. The van der Waals surface area contributed by atoms with Crippen LogP contribution in [0.15, 0.2) is 12.1 Å². The van der Waals surface area contributed by atoms with E-state index >= 15 is 0 Å². The number of nitrogens with zero attached hydrogens (tertiary/aromatic N) is 1. The van der Waals surface area contributed by atoms with E-state index in [0.717, 1.165) is 36.0 Å². The molecule has 1 unspecified atom stereocenters. The van der Waals surface area contributed by atoms with E-state index < -0.39 is 0 Å². The number of aryl methyl sites for hydroxylation is 1. The van der Waals surface area contributed by atoms with Crippen molar-refractivity contribution in [2.45, 2.75) is 40.2 Å². The summed E-state index contributed by atoms with van der Waals surface area (Å²) < 4.78 is 0. The fraction of sp³-hybridized carbons (Fsp3) is 0.600. The predicted molar refractivity (Wildman–Crippen MR) is 87.7 cm³/mol. The van der Waals surface area contributed by atoms with Gasteiger partial charge >= 0.3 is 0 Å². The Bertz CT molecular complexity index is 437. The molecule has 0 aliphatic carbocycles. The van der Waals surface area contributed by atoms with Gasteiger partial charge in [-0.05, 0) is 38.2 Å². The Balaban J connectivity index is 2.69. The van der Waals surface area contributed by atoms with Crippen LogP contribution >= 0.6 is 11.8 Å². The number of carbonyl (C=O) groups is 1. The molecule has 1 rings (SSSR count). The van der Waals surface area contributed by atoms with Crippen molar-refractivity contribution < 1.29 is 4.79 Å². The van der Waals surface area contributed by atoms with Crippen LogP contribution in [0.25, 0.3) is 0 Å². The van der Waals surface area contributed by atoms with Gasteiger partial charge in [0, 0.05) is 29.6 Å². The lowest BCUT2D eigenvalue weighted by molar-refractivity contribution is 0.0943. The van der Waals surface area contributed by atoms with Gasteiger partial charge in [0.05, 0.1) is 0 Å². The molecule has 5 heteroatoms. The summed E-state index contributed by atoms with van der Waals surface area (Å²) in [6.45, 7) is 9.02. The largest absolute Gasteiger partial charge is 0.370 e. The molecule has 1 atom stereocenters. The molecule has 0 aliphatic heterocycles. The van der Waals surface area contributed by atoms with Crippen LogP contribution in [-0.4, -0.2) is 35.0 Å². The van der Waals surface area contributed by atoms with Crippen LogP contribution in [0.2, 0.25) is 0 Å². The second kappa shape index (κ2) is 8.84. The van der Waals surface area contributed by atoms with Crippen molar-refractivity contribution >= 4 is 23.5 Å². The van der Waals surface area contributed by atoms with Gasteiger partial charge in [-0.25, -0.2) is 4.98 Å². The van der Waals surface area contributed by atoms with Gasteiger partial charge in [0.15, 0.2) is 0 Å². The molecule has 20 heavy (non-hydrogen) atoms. The molecule has 1 heterocycles. The number of carbonyl (C=O) groups excluding carboxylic acids is 1. The predicted octanol–water partition coefficient (Wildman–Crippen LogP) is 3.08. The number of nitrogens with one attached hydrogen (secondary N) is 2. The number of hydrogen-bond acceptors (Lipinski definition) is 4. The fourth-order valence-corrected chi connectivity index (χ4v) is 2.46. The zero-order valence-corrected chi connectivity index (χ0v) is 13.6. The minimum Gasteiger partial charge on any atom is -0.370 e. The summed E-state index contributed by atoms with van der Waals surface area (Å²) in [6, 6.07) is 3.82. The Kier molecular flexibility index (Phi) is 7.44. The Morgan fingerprint density at radius 2 is 2.15 bits per heavy atom. The van der Waals surface area contributed by atoms with Crippen molar-refractivity contribution in [2.75, 3.05) is 23.4 Å². The first-order valence-electron chi connectivity index (χ1n) is 7.18. The van der Waals surface area contributed by atoms with Crippen molar-refractivity contribution in [2.24, 2.45) is 0 Å². The molecule has 0 aromatic carbocycles. The van der Waals surface area contributed by atoms with E-state index in [0.29, 0.717) is 5.56 Å². The van der Waals surface area contributed by atoms with E-state index in [1.54, 1.807) is 0 Å². The van der Waals surface area contributed by atoms with Crippen molar-refractivity contribution in [3.8, 4) is 0 Å². The highest BCUT2D eigenvalue weighted by atomic mass is 32.2. The standard InChI is InChI=1S/C15H25N3OS/c1-5-7-16-14-9-13(8-11(3)17-14)15(19)18-12(4)10-20-6-2/h8-9,12H,5-7,10H2,1-4H3,(H,16,17)(H,18,19). The normalized spacial score (nSPS) is 12.0. The van der Waals surface area contributed by atoms with Crippen LogP contribution in [0.5, 0.6) is 0 Å². The minimum atomic E-state index is -0.0285. The van der Waals surface area contributed by atoms with Crippen molar-refractivity contribution in [3.05, 3.63) is 23.4 Å². The molecule has 1 aromatic rings. The Morgan fingerprint density at radius 1 is 1.40 bits per heavy atom. The fourth-order valence-electron chi connectivity index (χ4n) is 1.79. The Morgan fingerprint density at radius 3 is 2.80 bits per heavy atom. The monoisotopic (exact) mass is 295 g/mol. The zero-order valence-electron chi connectivity index (χ0n) is 12.8. The summed E-state index contributed by atoms with van der Waals surface area (Å²) >= 11 is 1.83. The molecule has 0 aliphatic rings. The van der Waals surface area contributed by atoms with Crippen LogP contribution in [0.4, 0.5) is 5.82 Å². The van der Waals surface area contributed by atoms with Gasteiger partial charge in [-0.15, -0.1) is 0 Å². The van der Waals surface area contributed by atoms with Gasteiger partial charge in [0.2, 0.25) is 0 Å². The number of aromatic nitrogens is 1. The van der Waals surface area contributed by atoms with Gasteiger partial charge in [-0.1, -0.05) is 13.8 Å². The van der Waals surface area contributed by atoms with Crippen molar-refractivity contribution in [1.29, 1.82) is 0 Å². The number of hydrogen-bond donors (Lipinski definition) is 2. The molecule has 0 spiro atoms. The summed E-state index contributed by atoms with van der Waals surface area (Å²) in [7, 11) is 0. The lowest BCUT2D eigenvalue weighted by Gasteiger charge is -2.14. The molecule has 1 aromatic heterocycles. The molecule has 0 saturated carbocycles. The highest BCUT2D eigenvalue weighted by molar-refractivity contribution is 7.99. The van der Waals surface area contributed by atoms with E-state index in [1.165, 1.54) is 0 Å². The van der Waals surface area contributed by atoms with Gasteiger partial charge < -0.3 is 10.6 Å². The minimum absolute atomic E-state index is 0.0285. The first-order valence-corrected chi connectivity index (χ1v) is 8.33. The first-order chi connectivity index (χ1) is 9.56. The van der Waals surface area contributed by atoms with Crippen molar-refractivity contribution in [3.63, 3.8) is 0 Å². The van der Waals surface area contributed by atoms with E-state index in [-0.39, 0.29) is 11.9 Å². The van der Waals surface area contributed by atoms with Crippen LogP contribution < -0.4 is 10.6 Å². The van der Waals surface area contributed by atoms with Gasteiger partial charge in [-0.2, -0.15) is 11.8 Å². The highest BCUT2D eigenvalue weighted by Gasteiger charge is 2.11. The summed E-state index contributed by atoms with van der Waals surface area (Å²) in [5.74, 6) is 2.75. The summed E-state index contributed by atoms with van der Waals surface area (Å²) in [6.07, 6.45) is 1.03. The number of thioether (sulfide) groups is 1. The molecular weight excluding hydrogens is 270 g/mol. The maximum absolute atomic E-state index is 12.2. The molecule has 0 saturated heterocycles. The molecule has 2 N–H and O–H groups in total. The van der Waals surface area contributed by atoms with E-state index in [1.807, 2.05) is 37.7 Å². The zero-order chi connectivity index (χ0) is 15.0. The SMILES string of the molecule is CCCNc1cc(C(=O)NC(C)CSCC)cc(C)n1. The molecule has 112 valence electrons. The number of pyridine rings is 1. The summed E-state index contributed by atoms with van der Waals surface area (Å²) in [5, 5.41) is 6.25. The lowest BCUT2D eigenvalue weighted by Crippen LogP contribution is -2.34. The van der Waals surface area contributed by atoms with Crippen LogP contribution in [0.3, 0.4) is 0 Å². The maximum Gasteiger partial charge on any atom is 0.251 e. The Labute approximate surface area is 126 Å². The lowest BCUT2D eigenvalue weighted by atomic mass is 10.2. The number of amides is 1. The second-order valence-electron chi connectivity index (χ2n) is 4.84. The smallest absolute Gasteiger partial charge is 0.251 e. The van der Waals surface area contributed by atoms with Crippen molar-refractivity contribution in [1.82, 2.24) is 10.3 Å². The second-order valence-corrected chi connectivity index (χ2v) is 6.16. The van der Waals surface area contributed by atoms with E-state index in [9.17, 15) is 4.79 Å². The molecule has 0 bridgehead atoms. The first kappa shape index (κ1) is 16.8. The van der Waals surface area contributed by atoms with Gasteiger partial charge in [0.25, 0.3) is 5.91 Å². The maximum atomic E-state index is 12.2. The third kappa shape index (κ3) is 5.82. The van der Waals surface area contributed by atoms with Crippen LogP contribution in [0, 0.1) is 6.92 Å². The quantitative estimate of drug-likeness (QED) is 0.774. The van der Waals surface area contributed by atoms with Crippen LogP contribution in [-0.2, 0) is 0 Å². The number of rotatable bonds is 8. The Hall–Kier alpha value is -1.23. The van der Waals surface area contributed by atoms with E-state index in [2.05, 4.69) is 29.5 Å². The average Bonchev–Trinajstić information content (AvgIpc) is 2.42. The third-order valence-electron chi connectivity index (χ3n) is 2.72. The highest BCUT2D eigenvalue weighted by Crippen LogP contribution is 2.11. The molecule has 1 amide bonds. The number of anilines is 1. The molecule has 0 fully saturated rings. The molecular formula is C15H25N3OS. The topological polar surface area (TPSA) is 54.0 Å². The van der Waals surface area contributed by atoms with Crippen LogP contribution in [0.1, 0.15) is 43.2 Å².